The summed E-state index contributed by atoms with van der Waals surface area (Å²) in [5.74, 6) is 0.702. The van der Waals surface area contributed by atoms with Crippen LogP contribution in [-0.4, -0.2) is 27.7 Å². The van der Waals surface area contributed by atoms with Crippen LogP contribution in [0.25, 0.3) is 10.9 Å². The van der Waals surface area contributed by atoms with E-state index in [-0.39, 0.29) is 16.6 Å². The van der Waals surface area contributed by atoms with Crippen molar-refractivity contribution in [1.82, 2.24) is 9.55 Å². The van der Waals surface area contributed by atoms with Gasteiger partial charge in [0.25, 0.3) is 5.56 Å². The van der Waals surface area contributed by atoms with Crippen LogP contribution in [0.3, 0.4) is 0 Å². The van der Waals surface area contributed by atoms with Crippen LogP contribution >= 0.6 is 11.8 Å². The number of Topliss-reactive ketones (excluding diaryl/α,β-unsaturated/α-hetero) is 1. The van der Waals surface area contributed by atoms with Crippen LogP contribution in [0, 0.1) is 0 Å². The Labute approximate surface area is 162 Å². The summed E-state index contributed by atoms with van der Waals surface area (Å²) in [6, 6.07) is 14.4. The third-order valence-electron chi connectivity index (χ3n) is 4.30. The number of carbonyl (C=O) groups is 1. The van der Waals surface area contributed by atoms with Crippen LogP contribution in [-0.2, 0) is 6.54 Å². The Morgan fingerprint density at radius 3 is 2.56 bits per heavy atom. The molecule has 1 aromatic heterocycles. The fraction of sp³-hybridized carbons (Fsp3) is 0.286. The number of para-hydroxylation sites is 1. The van der Waals surface area contributed by atoms with Gasteiger partial charge in [-0.2, -0.15) is 0 Å². The third-order valence-corrected chi connectivity index (χ3v) is 5.39. The maximum atomic E-state index is 12.8. The number of carbonyl (C=O) groups excluding carboxylic acids is 1. The molecule has 27 heavy (non-hydrogen) atoms. The number of fused-ring (bicyclic) bond motifs is 1. The number of ether oxygens (including phenoxy) is 1. The Morgan fingerprint density at radius 1 is 1.19 bits per heavy atom. The zero-order valence-corrected chi connectivity index (χ0v) is 16.5. The Bertz CT molecular complexity index is 1010. The van der Waals surface area contributed by atoms with E-state index in [1.165, 1.54) is 11.8 Å². The standard InChI is InChI=1S/C21H22N2O3S/c1-4-13-23-20(25)17-7-5-6-8-18(17)22-21(23)27-14(2)19(24)15-9-11-16(26-3)12-10-15/h5-12,14H,4,13H2,1-3H3/t14-/m0/s1. The van der Waals surface area contributed by atoms with Crippen molar-refractivity contribution in [3.63, 3.8) is 0 Å². The van der Waals surface area contributed by atoms with Gasteiger partial charge in [-0.05, 0) is 49.7 Å². The lowest BCUT2D eigenvalue weighted by Gasteiger charge is -2.15. The van der Waals surface area contributed by atoms with Gasteiger partial charge in [-0.25, -0.2) is 4.98 Å². The van der Waals surface area contributed by atoms with Crippen molar-refractivity contribution < 1.29 is 9.53 Å². The van der Waals surface area contributed by atoms with Crippen LogP contribution in [0.2, 0.25) is 0 Å². The van der Waals surface area contributed by atoms with E-state index in [4.69, 9.17) is 4.74 Å². The van der Waals surface area contributed by atoms with Crippen molar-refractivity contribution in [2.45, 2.75) is 37.2 Å². The molecule has 2 aromatic carbocycles. The van der Waals surface area contributed by atoms with Crippen LogP contribution in [0.4, 0.5) is 0 Å². The van der Waals surface area contributed by atoms with Crippen LogP contribution < -0.4 is 10.3 Å². The van der Waals surface area contributed by atoms with E-state index >= 15 is 0 Å². The molecule has 0 bridgehead atoms. The number of rotatable bonds is 7. The molecule has 0 fully saturated rings. The van der Waals surface area contributed by atoms with Crippen molar-refractivity contribution in [2.24, 2.45) is 0 Å². The second kappa shape index (κ2) is 8.39. The summed E-state index contributed by atoms with van der Waals surface area (Å²) in [6.07, 6.45) is 0.814. The summed E-state index contributed by atoms with van der Waals surface area (Å²) < 4.78 is 6.81. The zero-order valence-electron chi connectivity index (χ0n) is 15.6. The van der Waals surface area contributed by atoms with Gasteiger partial charge in [0.1, 0.15) is 5.75 Å². The molecule has 0 aliphatic heterocycles. The van der Waals surface area contributed by atoms with Crippen molar-refractivity contribution in [3.8, 4) is 5.75 Å². The van der Waals surface area contributed by atoms with E-state index in [2.05, 4.69) is 4.98 Å². The van der Waals surface area contributed by atoms with Gasteiger partial charge in [0.05, 0.1) is 23.3 Å². The van der Waals surface area contributed by atoms with E-state index in [9.17, 15) is 9.59 Å². The van der Waals surface area contributed by atoms with E-state index < -0.39 is 0 Å². The summed E-state index contributed by atoms with van der Waals surface area (Å²) in [6.45, 7) is 4.43. The SMILES string of the molecule is CCCn1c(S[C@@H](C)C(=O)c2ccc(OC)cc2)nc2ccccc2c1=O. The Kier molecular flexibility index (Phi) is 5.96. The van der Waals surface area contributed by atoms with Crippen molar-refractivity contribution in [2.75, 3.05) is 7.11 Å². The zero-order chi connectivity index (χ0) is 19.4. The fourth-order valence-corrected chi connectivity index (χ4v) is 3.87. The highest BCUT2D eigenvalue weighted by atomic mass is 32.2. The van der Waals surface area contributed by atoms with Gasteiger partial charge in [-0.1, -0.05) is 30.8 Å². The molecule has 6 heteroatoms. The van der Waals surface area contributed by atoms with Crippen molar-refractivity contribution in [1.29, 1.82) is 0 Å². The quantitative estimate of drug-likeness (QED) is 0.348. The molecule has 1 heterocycles. The minimum atomic E-state index is -0.366. The largest absolute Gasteiger partial charge is 0.497 e. The molecular formula is C21H22N2O3S. The fourth-order valence-electron chi connectivity index (χ4n) is 2.86. The smallest absolute Gasteiger partial charge is 0.262 e. The molecule has 0 aliphatic carbocycles. The molecule has 0 saturated carbocycles. The highest BCUT2D eigenvalue weighted by Crippen LogP contribution is 2.26. The molecule has 3 aromatic rings. The summed E-state index contributed by atoms with van der Waals surface area (Å²) in [4.78, 5) is 30.3. The van der Waals surface area contributed by atoms with Gasteiger partial charge < -0.3 is 4.74 Å². The second-order valence-corrected chi connectivity index (χ2v) is 7.53. The molecule has 0 saturated heterocycles. The number of aromatic nitrogens is 2. The molecule has 3 rings (SSSR count). The molecule has 140 valence electrons. The van der Waals surface area contributed by atoms with E-state index in [1.54, 1.807) is 42.0 Å². The van der Waals surface area contributed by atoms with Gasteiger partial charge in [-0.3, -0.25) is 14.2 Å². The number of ketones is 1. The first-order chi connectivity index (χ1) is 13.0. The number of benzene rings is 2. The van der Waals surface area contributed by atoms with E-state index in [0.29, 0.717) is 33.9 Å². The van der Waals surface area contributed by atoms with Gasteiger partial charge >= 0.3 is 0 Å². The lowest BCUT2D eigenvalue weighted by atomic mass is 10.1. The first-order valence-electron chi connectivity index (χ1n) is 8.89. The predicted octanol–water partition coefficient (Wildman–Crippen LogP) is 4.18. The summed E-state index contributed by atoms with van der Waals surface area (Å²) in [5, 5.41) is 0.814. The molecule has 0 spiro atoms. The Morgan fingerprint density at radius 2 is 1.89 bits per heavy atom. The second-order valence-electron chi connectivity index (χ2n) is 6.22. The number of thioether (sulfide) groups is 1. The monoisotopic (exact) mass is 382 g/mol. The van der Waals surface area contributed by atoms with Gasteiger partial charge in [0.2, 0.25) is 0 Å². The topological polar surface area (TPSA) is 61.2 Å². The minimum absolute atomic E-state index is 0.00638. The molecule has 0 N–H and O–H groups in total. The molecule has 0 unspecified atom stereocenters. The highest BCUT2D eigenvalue weighted by molar-refractivity contribution is 8.00. The molecule has 0 radical (unpaired) electrons. The summed E-state index contributed by atoms with van der Waals surface area (Å²) in [7, 11) is 1.59. The molecule has 0 amide bonds. The van der Waals surface area contributed by atoms with Gasteiger partial charge in [0.15, 0.2) is 10.9 Å². The summed E-state index contributed by atoms with van der Waals surface area (Å²) in [5.41, 5.74) is 1.21. The Balaban J connectivity index is 1.93. The van der Waals surface area contributed by atoms with Gasteiger partial charge in [0, 0.05) is 12.1 Å². The first-order valence-corrected chi connectivity index (χ1v) is 9.77. The van der Waals surface area contributed by atoms with Crippen LogP contribution in [0.5, 0.6) is 5.75 Å². The highest BCUT2D eigenvalue weighted by Gasteiger charge is 2.20. The maximum Gasteiger partial charge on any atom is 0.262 e. The van der Waals surface area contributed by atoms with E-state index in [1.807, 2.05) is 32.0 Å². The summed E-state index contributed by atoms with van der Waals surface area (Å²) >= 11 is 1.32. The normalized spacial score (nSPS) is 12.1. The minimum Gasteiger partial charge on any atom is -0.497 e. The average Bonchev–Trinajstić information content (AvgIpc) is 2.70. The number of methoxy groups -OCH3 is 1. The predicted molar refractivity (Wildman–Crippen MR) is 109 cm³/mol. The van der Waals surface area contributed by atoms with E-state index in [0.717, 1.165) is 6.42 Å². The lowest BCUT2D eigenvalue weighted by Crippen LogP contribution is -2.25. The number of nitrogens with zero attached hydrogens (tertiary/aromatic N) is 2. The number of hydrogen-bond donors (Lipinski definition) is 0. The van der Waals surface area contributed by atoms with Gasteiger partial charge in [-0.15, -0.1) is 0 Å². The average molecular weight is 382 g/mol. The van der Waals surface area contributed by atoms with Crippen LogP contribution in [0.15, 0.2) is 58.5 Å². The third kappa shape index (κ3) is 4.06. The molecule has 1 atom stereocenters. The first kappa shape index (κ1) is 19.2. The molecular weight excluding hydrogens is 360 g/mol. The molecule has 5 nitrogen and oxygen atoms in total. The lowest BCUT2D eigenvalue weighted by molar-refractivity contribution is 0.0994. The Hall–Kier alpha value is -2.60. The molecule has 0 aliphatic rings. The van der Waals surface area contributed by atoms with Crippen LogP contribution in [0.1, 0.15) is 30.6 Å². The van der Waals surface area contributed by atoms with Crippen molar-refractivity contribution in [3.05, 3.63) is 64.4 Å². The maximum absolute atomic E-state index is 12.8. The van der Waals surface area contributed by atoms with Crippen molar-refractivity contribution >= 4 is 28.4 Å². The number of hydrogen-bond acceptors (Lipinski definition) is 5.